The van der Waals surface area contributed by atoms with Gasteiger partial charge >= 0.3 is 5.97 Å². The molecular formula is C76H149NO5. The molecule has 3 N–H and O–H groups in total. The smallest absolute Gasteiger partial charge is 0.305 e. The average molecular weight is 1160 g/mol. The zero-order chi connectivity index (χ0) is 59.2. The molecule has 0 saturated carbocycles. The molecule has 6 heteroatoms. The number of carbonyl (C=O) groups excluding carboxylic acids is 2. The summed E-state index contributed by atoms with van der Waals surface area (Å²) in [6, 6.07) is -0.542. The predicted octanol–water partition coefficient (Wildman–Crippen LogP) is 24.7. The van der Waals surface area contributed by atoms with Gasteiger partial charge in [-0.15, -0.1) is 0 Å². The third-order valence-electron chi connectivity index (χ3n) is 18.1. The zero-order valence-electron chi connectivity index (χ0n) is 56.0. The summed E-state index contributed by atoms with van der Waals surface area (Å²) in [5.74, 6) is -0.00986. The number of rotatable bonds is 72. The van der Waals surface area contributed by atoms with Crippen LogP contribution in [-0.4, -0.2) is 47.4 Å². The number of allylic oxidation sites excluding steroid dienone is 2. The number of amides is 1. The molecule has 0 aromatic carbocycles. The second-order valence-electron chi connectivity index (χ2n) is 26.3. The lowest BCUT2D eigenvalue weighted by molar-refractivity contribution is -0.143. The lowest BCUT2D eigenvalue weighted by Crippen LogP contribution is -2.45. The molecule has 2 atom stereocenters. The van der Waals surface area contributed by atoms with E-state index in [0.717, 1.165) is 38.5 Å². The van der Waals surface area contributed by atoms with E-state index in [1.54, 1.807) is 0 Å². The van der Waals surface area contributed by atoms with Crippen molar-refractivity contribution in [2.24, 2.45) is 0 Å². The maximum Gasteiger partial charge on any atom is 0.305 e. The summed E-state index contributed by atoms with van der Waals surface area (Å²) in [7, 11) is 0. The Morgan fingerprint density at radius 2 is 0.573 bits per heavy atom. The molecule has 1 amide bonds. The van der Waals surface area contributed by atoms with Crippen molar-refractivity contribution in [2.75, 3.05) is 13.2 Å². The van der Waals surface area contributed by atoms with Crippen molar-refractivity contribution < 1.29 is 24.5 Å². The second kappa shape index (κ2) is 72.1. The van der Waals surface area contributed by atoms with E-state index in [1.807, 2.05) is 0 Å². The molecule has 0 radical (unpaired) electrons. The summed E-state index contributed by atoms with van der Waals surface area (Å²) in [5.41, 5.74) is 0. The van der Waals surface area contributed by atoms with Crippen molar-refractivity contribution in [1.29, 1.82) is 0 Å². The van der Waals surface area contributed by atoms with Crippen LogP contribution in [0.3, 0.4) is 0 Å². The van der Waals surface area contributed by atoms with Gasteiger partial charge in [0.1, 0.15) is 0 Å². The minimum Gasteiger partial charge on any atom is -0.466 e. The van der Waals surface area contributed by atoms with Gasteiger partial charge in [-0.2, -0.15) is 0 Å². The van der Waals surface area contributed by atoms with Crippen molar-refractivity contribution in [2.45, 2.75) is 450 Å². The van der Waals surface area contributed by atoms with Crippen LogP contribution in [0.5, 0.6) is 0 Å². The first-order chi connectivity index (χ1) is 40.5. The van der Waals surface area contributed by atoms with E-state index in [-0.39, 0.29) is 18.5 Å². The SMILES string of the molecule is CCCCCCCCCCCCCCCCCCCCCCC(O)C(CO)NC(=O)CCCCCCCCCCCCC/C=C\CCCCCCCCCCCCCCOC(=O)CCCCCCCCCCCCCCCCCCCC. The molecule has 0 aromatic heterocycles. The molecule has 0 rings (SSSR count). The van der Waals surface area contributed by atoms with Crippen LogP contribution in [0.4, 0.5) is 0 Å². The van der Waals surface area contributed by atoms with Gasteiger partial charge in [0, 0.05) is 12.8 Å². The van der Waals surface area contributed by atoms with Crippen molar-refractivity contribution in [1.82, 2.24) is 5.32 Å². The highest BCUT2D eigenvalue weighted by Gasteiger charge is 2.20. The number of unbranched alkanes of at least 4 members (excludes halogenated alkanes) is 59. The number of aliphatic hydroxyl groups excluding tert-OH is 2. The standard InChI is InChI=1S/C76H149NO5/c1-3-5-7-9-11-13-15-17-19-21-23-33-36-40-44-48-52-56-60-64-68-74(79)73(72-78)77-75(80)69-65-61-57-53-49-45-41-37-34-31-29-27-25-24-26-28-30-32-35-39-43-47-51-55-59-63-67-71-82-76(81)70-66-62-58-54-50-46-42-38-22-20-18-16-14-12-10-8-6-4-2/h24-25,73-74,78-79H,3-23,26-72H2,1-2H3,(H,77,80)/b25-24-. The molecule has 0 aliphatic carbocycles. The van der Waals surface area contributed by atoms with E-state index in [1.165, 1.54) is 366 Å². The maximum absolute atomic E-state index is 12.5. The van der Waals surface area contributed by atoms with Crippen LogP contribution in [0.15, 0.2) is 12.2 Å². The Balaban J connectivity index is 3.36. The molecule has 0 bridgehead atoms. The first-order valence-electron chi connectivity index (χ1n) is 37.9. The minimum absolute atomic E-state index is 0.0209. The average Bonchev–Trinajstić information content (AvgIpc) is 3.48. The molecule has 0 fully saturated rings. The van der Waals surface area contributed by atoms with Gasteiger partial charge in [-0.3, -0.25) is 9.59 Å². The molecule has 0 aliphatic rings. The summed E-state index contributed by atoms with van der Waals surface area (Å²) in [6.07, 6.45) is 89.9. The maximum atomic E-state index is 12.5. The van der Waals surface area contributed by atoms with Crippen molar-refractivity contribution in [3.63, 3.8) is 0 Å². The Hall–Kier alpha value is -1.40. The lowest BCUT2D eigenvalue weighted by Gasteiger charge is -2.22. The fraction of sp³-hybridized carbons (Fsp3) is 0.947. The Bertz CT molecular complexity index is 1240. The van der Waals surface area contributed by atoms with E-state index < -0.39 is 12.1 Å². The van der Waals surface area contributed by atoms with Crippen molar-refractivity contribution in [3.8, 4) is 0 Å². The second-order valence-corrected chi connectivity index (χ2v) is 26.3. The number of hydrogen-bond donors (Lipinski definition) is 3. The molecule has 488 valence electrons. The topological polar surface area (TPSA) is 95.9 Å². The van der Waals surface area contributed by atoms with Crippen molar-refractivity contribution in [3.05, 3.63) is 12.2 Å². The number of aliphatic hydroxyl groups is 2. The zero-order valence-corrected chi connectivity index (χ0v) is 56.0. The van der Waals surface area contributed by atoms with Crippen LogP contribution in [0.1, 0.15) is 438 Å². The van der Waals surface area contributed by atoms with Gasteiger partial charge in [0.2, 0.25) is 5.91 Å². The Morgan fingerprint density at radius 3 is 0.866 bits per heavy atom. The third kappa shape index (κ3) is 67.7. The molecule has 6 nitrogen and oxygen atoms in total. The number of hydrogen-bond acceptors (Lipinski definition) is 5. The number of ether oxygens (including phenoxy) is 1. The summed E-state index contributed by atoms with van der Waals surface area (Å²) in [5, 5.41) is 23.4. The Morgan fingerprint density at radius 1 is 0.329 bits per heavy atom. The molecule has 0 heterocycles. The lowest BCUT2D eigenvalue weighted by atomic mass is 10.0. The minimum atomic E-state index is -0.665. The van der Waals surface area contributed by atoms with Gasteiger partial charge in [-0.1, -0.05) is 386 Å². The largest absolute Gasteiger partial charge is 0.466 e. The van der Waals surface area contributed by atoms with Crippen LogP contribution in [0.25, 0.3) is 0 Å². The summed E-state index contributed by atoms with van der Waals surface area (Å²) in [4.78, 5) is 24.7. The fourth-order valence-electron chi connectivity index (χ4n) is 12.3. The molecular weight excluding hydrogens is 1010 g/mol. The van der Waals surface area contributed by atoms with E-state index in [0.29, 0.717) is 25.9 Å². The summed E-state index contributed by atoms with van der Waals surface area (Å²) in [6.45, 7) is 5.01. The molecule has 2 unspecified atom stereocenters. The monoisotopic (exact) mass is 1160 g/mol. The van der Waals surface area contributed by atoms with E-state index >= 15 is 0 Å². The summed E-state index contributed by atoms with van der Waals surface area (Å²) >= 11 is 0. The van der Waals surface area contributed by atoms with Crippen molar-refractivity contribution >= 4 is 11.9 Å². The van der Waals surface area contributed by atoms with E-state index in [4.69, 9.17) is 4.74 Å². The van der Waals surface area contributed by atoms with Crippen LogP contribution in [0, 0.1) is 0 Å². The fourth-order valence-corrected chi connectivity index (χ4v) is 12.3. The van der Waals surface area contributed by atoms with Gasteiger partial charge in [0.05, 0.1) is 25.4 Å². The van der Waals surface area contributed by atoms with Gasteiger partial charge in [0.15, 0.2) is 0 Å². The van der Waals surface area contributed by atoms with Gasteiger partial charge in [-0.05, 0) is 51.4 Å². The normalized spacial score (nSPS) is 12.5. The Kier molecular flexibility index (Phi) is 70.8. The van der Waals surface area contributed by atoms with Gasteiger partial charge in [-0.25, -0.2) is 0 Å². The van der Waals surface area contributed by atoms with E-state index in [2.05, 4.69) is 31.3 Å². The quantitative estimate of drug-likeness (QED) is 0.0320. The highest BCUT2D eigenvalue weighted by Crippen LogP contribution is 2.20. The number of esters is 1. The third-order valence-corrected chi connectivity index (χ3v) is 18.1. The van der Waals surface area contributed by atoms with Gasteiger partial charge < -0.3 is 20.3 Å². The highest BCUT2D eigenvalue weighted by atomic mass is 16.5. The predicted molar refractivity (Wildman–Crippen MR) is 361 cm³/mol. The molecule has 0 aromatic rings. The first-order valence-corrected chi connectivity index (χ1v) is 37.9. The van der Waals surface area contributed by atoms with Gasteiger partial charge in [0.25, 0.3) is 0 Å². The number of nitrogens with one attached hydrogen (secondary N) is 1. The molecule has 0 saturated heterocycles. The van der Waals surface area contributed by atoms with E-state index in [9.17, 15) is 19.8 Å². The van der Waals surface area contributed by atoms with Crippen LogP contribution in [-0.2, 0) is 14.3 Å². The van der Waals surface area contributed by atoms with Crippen LogP contribution in [0.2, 0.25) is 0 Å². The molecule has 0 aliphatic heterocycles. The summed E-state index contributed by atoms with van der Waals surface area (Å²) < 4.78 is 5.51. The molecule has 0 spiro atoms. The Labute approximate surface area is 514 Å². The van der Waals surface area contributed by atoms with Crippen LogP contribution >= 0.6 is 0 Å². The highest BCUT2D eigenvalue weighted by molar-refractivity contribution is 5.76. The molecule has 82 heavy (non-hydrogen) atoms. The first kappa shape index (κ1) is 80.6. The number of carbonyl (C=O) groups is 2. The van der Waals surface area contributed by atoms with Crippen LogP contribution < -0.4 is 5.32 Å².